The van der Waals surface area contributed by atoms with Crippen LogP contribution in [0.25, 0.3) is 0 Å². The molecule has 2 N–H and O–H groups in total. The van der Waals surface area contributed by atoms with Gasteiger partial charge in [0, 0.05) is 39.6 Å². The van der Waals surface area contributed by atoms with Gasteiger partial charge in [-0.05, 0) is 35.2 Å². The van der Waals surface area contributed by atoms with Gasteiger partial charge in [0.1, 0.15) is 0 Å². The number of ether oxygens (including phenoxy) is 2. The Kier molecular flexibility index (Phi) is 5.84. The van der Waals surface area contributed by atoms with Crippen molar-refractivity contribution < 1.29 is 14.3 Å². The molecule has 7 nitrogen and oxygen atoms in total. The number of benzene rings is 2. The van der Waals surface area contributed by atoms with Crippen molar-refractivity contribution in [3.8, 4) is 11.5 Å². The minimum absolute atomic E-state index is 0.257. The smallest absolute Gasteiger partial charge is 0.231 e. The van der Waals surface area contributed by atoms with Crippen LogP contribution < -0.4 is 20.1 Å². The fourth-order valence-electron chi connectivity index (χ4n) is 3.50. The molecule has 2 aromatic rings. The standard InChI is InChI=1S/C22H26N4O3/c1-23-22(25-13-18-8-9-19-20(11-18)29-15-28-19)24-12-16-4-6-17(7-5-16)14-26-10-2-3-21(26)27/h4-9,11H,2-3,10,12-15H2,1H3,(H2,23,24,25). The predicted molar refractivity (Wildman–Crippen MR) is 111 cm³/mol. The molecular formula is C22H26N4O3. The molecule has 2 aliphatic heterocycles. The molecule has 152 valence electrons. The summed E-state index contributed by atoms with van der Waals surface area (Å²) in [5.74, 6) is 2.55. The molecule has 2 aliphatic rings. The lowest BCUT2D eigenvalue weighted by atomic mass is 10.1. The van der Waals surface area contributed by atoms with Crippen molar-refractivity contribution in [3.05, 3.63) is 59.2 Å². The number of aliphatic imine (C=N–C) groups is 1. The van der Waals surface area contributed by atoms with E-state index >= 15 is 0 Å². The van der Waals surface area contributed by atoms with Crippen LogP contribution >= 0.6 is 0 Å². The fraction of sp³-hybridized carbons (Fsp3) is 0.364. The zero-order valence-corrected chi connectivity index (χ0v) is 16.6. The third-order valence-corrected chi connectivity index (χ3v) is 5.15. The molecule has 0 bridgehead atoms. The van der Waals surface area contributed by atoms with E-state index in [-0.39, 0.29) is 12.7 Å². The zero-order valence-electron chi connectivity index (χ0n) is 16.6. The number of nitrogens with one attached hydrogen (secondary N) is 2. The van der Waals surface area contributed by atoms with Crippen molar-refractivity contribution in [2.75, 3.05) is 20.4 Å². The number of guanidine groups is 1. The molecule has 2 heterocycles. The van der Waals surface area contributed by atoms with Crippen LogP contribution in [0.3, 0.4) is 0 Å². The second kappa shape index (κ2) is 8.86. The van der Waals surface area contributed by atoms with E-state index in [0.717, 1.165) is 47.1 Å². The van der Waals surface area contributed by atoms with Gasteiger partial charge in [-0.1, -0.05) is 30.3 Å². The second-order valence-electron chi connectivity index (χ2n) is 7.20. The quantitative estimate of drug-likeness (QED) is 0.581. The number of likely N-dealkylation sites (tertiary alicyclic amines) is 1. The molecule has 0 atom stereocenters. The number of rotatable bonds is 6. The zero-order chi connectivity index (χ0) is 20.1. The highest BCUT2D eigenvalue weighted by molar-refractivity contribution is 5.79. The highest BCUT2D eigenvalue weighted by Crippen LogP contribution is 2.32. The maximum absolute atomic E-state index is 11.8. The van der Waals surface area contributed by atoms with Gasteiger partial charge in [-0.2, -0.15) is 0 Å². The Morgan fingerprint density at radius 2 is 1.69 bits per heavy atom. The van der Waals surface area contributed by atoms with Crippen LogP contribution in [0.5, 0.6) is 11.5 Å². The van der Waals surface area contributed by atoms with Crippen LogP contribution in [0.4, 0.5) is 0 Å². The number of amides is 1. The van der Waals surface area contributed by atoms with Crippen LogP contribution in [-0.2, 0) is 24.4 Å². The first-order valence-electron chi connectivity index (χ1n) is 9.90. The molecule has 1 fully saturated rings. The van der Waals surface area contributed by atoms with E-state index in [1.807, 2.05) is 23.1 Å². The molecule has 0 aromatic heterocycles. The van der Waals surface area contributed by atoms with E-state index < -0.39 is 0 Å². The Bertz CT molecular complexity index is 895. The first-order chi connectivity index (χ1) is 14.2. The Labute approximate surface area is 170 Å². The molecule has 0 aliphatic carbocycles. The summed E-state index contributed by atoms with van der Waals surface area (Å²) in [6.45, 7) is 3.16. The van der Waals surface area contributed by atoms with Crippen LogP contribution in [-0.4, -0.2) is 37.2 Å². The summed E-state index contributed by atoms with van der Waals surface area (Å²) in [5, 5.41) is 6.64. The molecule has 0 unspecified atom stereocenters. The summed E-state index contributed by atoms with van der Waals surface area (Å²) in [6, 6.07) is 14.3. The van der Waals surface area contributed by atoms with Gasteiger partial charge in [0.25, 0.3) is 0 Å². The summed E-state index contributed by atoms with van der Waals surface area (Å²) < 4.78 is 10.8. The third kappa shape index (κ3) is 4.80. The van der Waals surface area contributed by atoms with Gasteiger partial charge in [-0.15, -0.1) is 0 Å². The number of fused-ring (bicyclic) bond motifs is 1. The number of hydrogen-bond donors (Lipinski definition) is 2. The van der Waals surface area contributed by atoms with Crippen molar-refractivity contribution in [2.45, 2.75) is 32.5 Å². The maximum atomic E-state index is 11.8. The lowest BCUT2D eigenvalue weighted by Gasteiger charge is -2.16. The normalized spacial score (nSPS) is 15.7. The fourth-order valence-corrected chi connectivity index (χ4v) is 3.50. The van der Waals surface area contributed by atoms with Crippen molar-refractivity contribution in [1.29, 1.82) is 0 Å². The van der Waals surface area contributed by atoms with Crippen LogP contribution in [0, 0.1) is 0 Å². The van der Waals surface area contributed by atoms with E-state index in [9.17, 15) is 4.79 Å². The van der Waals surface area contributed by atoms with E-state index in [2.05, 4.69) is 39.9 Å². The topological polar surface area (TPSA) is 75.2 Å². The van der Waals surface area contributed by atoms with Crippen molar-refractivity contribution in [3.63, 3.8) is 0 Å². The summed E-state index contributed by atoms with van der Waals surface area (Å²) >= 11 is 0. The Morgan fingerprint density at radius 3 is 2.41 bits per heavy atom. The molecule has 4 rings (SSSR count). The van der Waals surface area contributed by atoms with Gasteiger partial charge in [0.2, 0.25) is 12.7 Å². The Hall–Kier alpha value is -3.22. The summed E-state index contributed by atoms with van der Waals surface area (Å²) in [4.78, 5) is 18.0. The Morgan fingerprint density at radius 1 is 1.00 bits per heavy atom. The van der Waals surface area contributed by atoms with Gasteiger partial charge in [-0.3, -0.25) is 9.79 Å². The van der Waals surface area contributed by atoms with Crippen LogP contribution in [0.2, 0.25) is 0 Å². The van der Waals surface area contributed by atoms with Crippen molar-refractivity contribution in [1.82, 2.24) is 15.5 Å². The van der Waals surface area contributed by atoms with Gasteiger partial charge in [-0.25, -0.2) is 0 Å². The monoisotopic (exact) mass is 394 g/mol. The van der Waals surface area contributed by atoms with Crippen LogP contribution in [0.1, 0.15) is 29.5 Å². The summed E-state index contributed by atoms with van der Waals surface area (Å²) in [6.07, 6.45) is 1.65. The van der Waals surface area contributed by atoms with Crippen molar-refractivity contribution in [2.24, 2.45) is 4.99 Å². The predicted octanol–water partition coefficient (Wildman–Crippen LogP) is 2.40. The molecule has 0 radical (unpaired) electrons. The second-order valence-corrected chi connectivity index (χ2v) is 7.20. The minimum Gasteiger partial charge on any atom is -0.454 e. The third-order valence-electron chi connectivity index (χ3n) is 5.15. The molecule has 29 heavy (non-hydrogen) atoms. The number of nitrogens with zero attached hydrogens (tertiary/aromatic N) is 2. The van der Waals surface area contributed by atoms with E-state index in [4.69, 9.17) is 9.47 Å². The highest BCUT2D eigenvalue weighted by Gasteiger charge is 2.19. The molecule has 1 amide bonds. The average Bonchev–Trinajstić information content (AvgIpc) is 3.38. The molecule has 0 spiro atoms. The molecule has 2 aromatic carbocycles. The maximum Gasteiger partial charge on any atom is 0.231 e. The van der Waals surface area contributed by atoms with E-state index in [1.165, 1.54) is 0 Å². The average molecular weight is 394 g/mol. The van der Waals surface area contributed by atoms with E-state index in [0.29, 0.717) is 26.1 Å². The SMILES string of the molecule is CN=C(NCc1ccc(CN2CCCC2=O)cc1)NCc1ccc2c(c1)OCO2. The first kappa shape index (κ1) is 19.1. The molecule has 7 heteroatoms. The molecule has 1 saturated heterocycles. The van der Waals surface area contributed by atoms with Crippen molar-refractivity contribution >= 4 is 11.9 Å². The van der Waals surface area contributed by atoms with Crippen LogP contribution in [0.15, 0.2) is 47.5 Å². The molecule has 0 saturated carbocycles. The van der Waals surface area contributed by atoms with Gasteiger partial charge in [0.05, 0.1) is 0 Å². The first-order valence-corrected chi connectivity index (χ1v) is 9.90. The van der Waals surface area contributed by atoms with E-state index in [1.54, 1.807) is 7.05 Å². The summed E-state index contributed by atoms with van der Waals surface area (Å²) in [7, 11) is 1.76. The molecular weight excluding hydrogens is 368 g/mol. The minimum atomic E-state index is 0.257. The highest BCUT2D eigenvalue weighted by atomic mass is 16.7. The number of carbonyl (C=O) groups excluding carboxylic acids is 1. The van der Waals surface area contributed by atoms with Gasteiger partial charge in [0.15, 0.2) is 17.5 Å². The van der Waals surface area contributed by atoms with Gasteiger partial charge < -0.3 is 25.0 Å². The lowest BCUT2D eigenvalue weighted by Crippen LogP contribution is -2.36. The lowest BCUT2D eigenvalue weighted by molar-refractivity contribution is -0.128. The number of carbonyl (C=O) groups is 1. The number of hydrogen-bond acceptors (Lipinski definition) is 4. The largest absolute Gasteiger partial charge is 0.454 e. The Balaban J connectivity index is 1.25. The van der Waals surface area contributed by atoms with Gasteiger partial charge >= 0.3 is 0 Å². The summed E-state index contributed by atoms with van der Waals surface area (Å²) in [5.41, 5.74) is 3.42.